The van der Waals surface area contributed by atoms with Gasteiger partial charge in [0, 0.05) is 26.7 Å². The molecule has 0 atom stereocenters. The van der Waals surface area contributed by atoms with Gasteiger partial charge in [-0.1, -0.05) is 17.7 Å². The Balaban J connectivity index is 2.49. The topological polar surface area (TPSA) is 91.8 Å². The van der Waals surface area contributed by atoms with Crippen molar-refractivity contribution < 1.29 is 13.2 Å². The summed E-state index contributed by atoms with van der Waals surface area (Å²) in [6.07, 6.45) is 0. The van der Waals surface area contributed by atoms with Crippen molar-refractivity contribution in [3.8, 4) is 0 Å². The second-order valence-corrected chi connectivity index (χ2v) is 6.66. The van der Waals surface area contributed by atoms with Crippen molar-refractivity contribution >= 4 is 16.0 Å². The molecule has 0 aliphatic heterocycles. The van der Waals surface area contributed by atoms with Gasteiger partial charge in [0.05, 0.1) is 18.0 Å². The molecular weight excluding hydrogens is 316 g/mol. The maximum absolute atomic E-state index is 12.1. The van der Waals surface area contributed by atoms with Crippen molar-refractivity contribution in [3.05, 3.63) is 29.8 Å². The Morgan fingerprint density at radius 1 is 1.17 bits per heavy atom. The number of ether oxygens (including phenoxy) is 1. The van der Waals surface area contributed by atoms with Gasteiger partial charge in [0.15, 0.2) is 5.96 Å². The van der Waals surface area contributed by atoms with Crippen LogP contribution in [0.1, 0.15) is 12.5 Å². The smallest absolute Gasteiger partial charge is 0.240 e. The quantitative estimate of drug-likeness (QED) is 0.345. The first-order valence-corrected chi connectivity index (χ1v) is 9.05. The van der Waals surface area contributed by atoms with Gasteiger partial charge in [-0.15, -0.1) is 0 Å². The van der Waals surface area contributed by atoms with E-state index in [4.69, 9.17) is 4.74 Å². The van der Waals surface area contributed by atoms with Gasteiger partial charge in [-0.2, -0.15) is 0 Å². The van der Waals surface area contributed by atoms with Crippen molar-refractivity contribution in [1.82, 2.24) is 15.4 Å². The first-order chi connectivity index (χ1) is 11.0. The largest absolute Gasteiger partial charge is 0.383 e. The molecule has 0 amide bonds. The molecule has 130 valence electrons. The number of aryl methyl sites for hydroxylation is 1. The first-order valence-electron chi connectivity index (χ1n) is 7.57. The Morgan fingerprint density at radius 2 is 1.87 bits per heavy atom. The Hall–Kier alpha value is -1.64. The number of nitrogens with zero attached hydrogens (tertiary/aromatic N) is 1. The molecule has 8 heteroatoms. The molecule has 0 aliphatic rings. The SMILES string of the molecule is CCNC(=NCCNS(=O)(=O)c1ccc(C)cc1)NCCOC. The van der Waals surface area contributed by atoms with Gasteiger partial charge in [0.2, 0.25) is 10.0 Å². The number of methoxy groups -OCH3 is 1. The minimum Gasteiger partial charge on any atom is -0.383 e. The summed E-state index contributed by atoms with van der Waals surface area (Å²) in [5.41, 5.74) is 1.02. The minimum absolute atomic E-state index is 0.233. The van der Waals surface area contributed by atoms with Gasteiger partial charge in [-0.25, -0.2) is 13.1 Å². The van der Waals surface area contributed by atoms with Gasteiger partial charge < -0.3 is 15.4 Å². The average Bonchev–Trinajstić information content (AvgIpc) is 2.52. The fourth-order valence-electron chi connectivity index (χ4n) is 1.76. The van der Waals surface area contributed by atoms with Crippen LogP contribution in [-0.2, 0) is 14.8 Å². The number of benzene rings is 1. The fourth-order valence-corrected chi connectivity index (χ4v) is 2.78. The molecule has 0 bridgehead atoms. The lowest BCUT2D eigenvalue weighted by Crippen LogP contribution is -2.39. The predicted molar refractivity (Wildman–Crippen MR) is 92.2 cm³/mol. The lowest BCUT2D eigenvalue weighted by atomic mass is 10.2. The predicted octanol–water partition coefficient (Wildman–Crippen LogP) is 0.475. The Labute approximate surface area is 138 Å². The Morgan fingerprint density at radius 3 is 2.48 bits per heavy atom. The molecule has 0 saturated carbocycles. The molecule has 0 aliphatic carbocycles. The number of hydrogen-bond acceptors (Lipinski definition) is 4. The normalized spacial score (nSPS) is 12.2. The molecule has 3 N–H and O–H groups in total. The van der Waals surface area contributed by atoms with Crippen LogP contribution in [0.5, 0.6) is 0 Å². The van der Waals surface area contributed by atoms with Crippen LogP contribution in [0, 0.1) is 6.92 Å². The summed E-state index contributed by atoms with van der Waals surface area (Å²) in [5, 5.41) is 6.18. The summed E-state index contributed by atoms with van der Waals surface area (Å²) in [6, 6.07) is 6.74. The van der Waals surface area contributed by atoms with Gasteiger partial charge in [-0.3, -0.25) is 4.99 Å². The second-order valence-electron chi connectivity index (χ2n) is 4.89. The highest BCUT2D eigenvalue weighted by Crippen LogP contribution is 2.09. The molecule has 7 nitrogen and oxygen atoms in total. The monoisotopic (exact) mass is 342 g/mol. The van der Waals surface area contributed by atoms with Gasteiger partial charge in [0.25, 0.3) is 0 Å². The van der Waals surface area contributed by atoms with Crippen molar-refractivity contribution in [2.75, 3.05) is 39.9 Å². The van der Waals surface area contributed by atoms with Crippen LogP contribution in [0.15, 0.2) is 34.2 Å². The molecule has 1 rings (SSSR count). The lowest BCUT2D eigenvalue weighted by molar-refractivity contribution is 0.203. The second kappa shape index (κ2) is 10.2. The zero-order valence-electron chi connectivity index (χ0n) is 13.9. The van der Waals surface area contributed by atoms with Crippen molar-refractivity contribution in [2.24, 2.45) is 4.99 Å². The molecule has 0 radical (unpaired) electrons. The molecule has 1 aromatic rings. The van der Waals surface area contributed by atoms with E-state index in [9.17, 15) is 8.42 Å². The van der Waals surface area contributed by atoms with E-state index < -0.39 is 10.0 Å². The number of hydrogen-bond donors (Lipinski definition) is 3. The highest BCUT2D eigenvalue weighted by atomic mass is 32.2. The summed E-state index contributed by atoms with van der Waals surface area (Å²) in [6.45, 7) is 6.39. The summed E-state index contributed by atoms with van der Waals surface area (Å²) >= 11 is 0. The van der Waals surface area contributed by atoms with E-state index in [1.54, 1.807) is 31.4 Å². The number of sulfonamides is 1. The third-order valence-electron chi connectivity index (χ3n) is 2.95. The first kappa shape index (κ1) is 19.4. The maximum Gasteiger partial charge on any atom is 0.240 e. The lowest BCUT2D eigenvalue weighted by Gasteiger charge is -2.11. The van der Waals surface area contributed by atoms with Crippen LogP contribution in [0.2, 0.25) is 0 Å². The van der Waals surface area contributed by atoms with Crippen LogP contribution in [-0.4, -0.2) is 54.3 Å². The summed E-state index contributed by atoms with van der Waals surface area (Å²) in [4.78, 5) is 4.57. The molecule has 0 fully saturated rings. The van der Waals surface area contributed by atoms with Crippen LogP contribution in [0.4, 0.5) is 0 Å². The minimum atomic E-state index is -3.49. The third-order valence-corrected chi connectivity index (χ3v) is 4.42. The molecular formula is C15H26N4O3S. The van der Waals surface area contributed by atoms with Crippen LogP contribution >= 0.6 is 0 Å². The number of rotatable bonds is 9. The molecule has 0 spiro atoms. The summed E-state index contributed by atoms with van der Waals surface area (Å²) in [5.74, 6) is 0.638. The van der Waals surface area contributed by atoms with E-state index in [0.717, 1.165) is 12.1 Å². The van der Waals surface area contributed by atoms with E-state index in [1.807, 2.05) is 13.8 Å². The van der Waals surface area contributed by atoms with Crippen molar-refractivity contribution in [2.45, 2.75) is 18.7 Å². The molecule has 0 aromatic heterocycles. The van der Waals surface area contributed by atoms with Crippen LogP contribution in [0.3, 0.4) is 0 Å². The Kier molecular flexibility index (Phi) is 8.60. The highest BCUT2D eigenvalue weighted by molar-refractivity contribution is 7.89. The molecule has 1 aromatic carbocycles. The summed E-state index contributed by atoms with van der Waals surface area (Å²) < 4.78 is 31.7. The zero-order chi connectivity index (χ0) is 17.1. The van der Waals surface area contributed by atoms with Gasteiger partial charge >= 0.3 is 0 Å². The highest BCUT2D eigenvalue weighted by Gasteiger charge is 2.12. The number of guanidine groups is 1. The number of nitrogens with one attached hydrogen (secondary N) is 3. The van der Waals surface area contributed by atoms with E-state index in [2.05, 4.69) is 20.3 Å². The van der Waals surface area contributed by atoms with Crippen molar-refractivity contribution in [1.29, 1.82) is 0 Å². The third kappa shape index (κ3) is 7.45. The molecule has 0 saturated heterocycles. The molecule has 0 heterocycles. The number of aliphatic imine (C=N–C) groups is 1. The molecule has 23 heavy (non-hydrogen) atoms. The zero-order valence-corrected chi connectivity index (χ0v) is 14.7. The van der Waals surface area contributed by atoms with Crippen molar-refractivity contribution in [3.63, 3.8) is 0 Å². The van der Waals surface area contributed by atoms with E-state index in [-0.39, 0.29) is 11.4 Å². The van der Waals surface area contributed by atoms with Gasteiger partial charge in [0.1, 0.15) is 0 Å². The van der Waals surface area contributed by atoms with Crippen LogP contribution in [0.25, 0.3) is 0 Å². The summed E-state index contributed by atoms with van der Waals surface area (Å²) in [7, 11) is -1.86. The van der Waals surface area contributed by atoms with Gasteiger partial charge in [-0.05, 0) is 26.0 Å². The van der Waals surface area contributed by atoms with E-state index in [1.165, 1.54) is 0 Å². The molecule has 0 unspecified atom stereocenters. The van der Waals surface area contributed by atoms with E-state index >= 15 is 0 Å². The van der Waals surface area contributed by atoms with Crippen LogP contribution < -0.4 is 15.4 Å². The average molecular weight is 342 g/mol. The Bertz CT molecular complexity index is 585. The standard InChI is InChI=1S/C15H26N4O3S/c1-4-16-15(18-11-12-22-3)17-9-10-19-23(20,21)14-7-5-13(2)6-8-14/h5-8,19H,4,9-12H2,1-3H3,(H2,16,17,18). The fraction of sp³-hybridized carbons (Fsp3) is 0.533. The van der Waals surface area contributed by atoms with E-state index in [0.29, 0.717) is 25.7 Å². The maximum atomic E-state index is 12.1.